The van der Waals surface area contributed by atoms with Crippen LogP contribution in [0.3, 0.4) is 0 Å². The van der Waals surface area contributed by atoms with Crippen molar-refractivity contribution in [1.29, 1.82) is 0 Å². The number of carbonyl (C=O) groups excluding carboxylic acids is 1. The molecule has 3 aromatic carbocycles. The number of hydrogen-bond donors (Lipinski definition) is 1. The molecular weight excluding hydrogens is 270 g/mol. The maximum Gasteiger partial charge on any atom is 0.150 e. The number of hydrogen-bond acceptors (Lipinski definition) is 2. The van der Waals surface area contributed by atoms with E-state index in [2.05, 4.69) is 5.32 Å². The first kappa shape index (κ1) is 15.5. The Balaban J connectivity index is 0.000000172. The molecule has 0 fully saturated rings. The van der Waals surface area contributed by atoms with Crippen LogP contribution in [0.4, 0.5) is 11.4 Å². The molecule has 0 heterocycles. The molecule has 0 bridgehead atoms. The van der Waals surface area contributed by atoms with Crippen molar-refractivity contribution < 1.29 is 4.79 Å². The minimum Gasteiger partial charge on any atom is -0.356 e. The number of rotatable bonds is 3. The van der Waals surface area contributed by atoms with E-state index in [1.807, 2.05) is 91.9 Å². The van der Waals surface area contributed by atoms with Gasteiger partial charge in [-0.25, -0.2) is 0 Å². The summed E-state index contributed by atoms with van der Waals surface area (Å²) in [6, 6.07) is 27.7. The van der Waals surface area contributed by atoms with Crippen LogP contribution in [0.1, 0.15) is 15.9 Å². The number of para-hydroxylation sites is 2. The van der Waals surface area contributed by atoms with E-state index in [1.54, 1.807) is 0 Å². The van der Waals surface area contributed by atoms with E-state index in [0.29, 0.717) is 0 Å². The van der Waals surface area contributed by atoms with Crippen LogP contribution < -0.4 is 5.32 Å². The molecule has 2 nitrogen and oxygen atoms in total. The van der Waals surface area contributed by atoms with Crippen LogP contribution in [-0.4, -0.2) is 6.29 Å². The molecule has 0 aliphatic heterocycles. The third-order valence-electron chi connectivity index (χ3n) is 3.05. The molecule has 0 amide bonds. The van der Waals surface area contributed by atoms with Gasteiger partial charge in [0.1, 0.15) is 6.29 Å². The lowest BCUT2D eigenvalue weighted by atomic mass is 10.2. The van der Waals surface area contributed by atoms with Gasteiger partial charge in [-0.15, -0.1) is 0 Å². The van der Waals surface area contributed by atoms with E-state index in [0.717, 1.165) is 23.2 Å². The lowest BCUT2D eigenvalue weighted by Gasteiger charge is -2.04. The summed E-state index contributed by atoms with van der Waals surface area (Å²) in [6.45, 7) is 1.99. The van der Waals surface area contributed by atoms with Crippen LogP contribution in [0.25, 0.3) is 0 Å². The Morgan fingerprint density at radius 2 is 1.14 bits per heavy atom. The number of nitrogens with one attached hydrogen (secondary N) is 1. The lowest BCUT2D eigenvalue weighted by Crippen LogP contribution is -1.87. The predicted molar refractivity (Wildman–Crippen MR) is 92.7 cm³/mol. The fraction of sp³-hybridized carbons (Fsp3) is 0.0500. The van der Waals surface area contributed by atoms with Crippen LogP contribution in [0.15, 0.2) is 84.9 Å². The monoisotopic (exact) mass is 289 g/mol. The normalized spacial score (nSPS) is 9.32. The molecule has 3 rings (SSSR count). The van der Waals surface area contributed by atoms with Crippen molar-refractivity contribution in [2.45, 2.75) is 6.92 Å². The highest BCUT2D eigenvalue weighted by Gasteiger charge is 1.90. The summed E-state index contributed by atoms with van der Waals surface area (Å²) in [5.41, 5.74) is 4.16. The van der Waals surface area contributed by atoms with E-state index in [-0.39, 0.29) is 0 Å². The quantitative estimate of drug-likeness (QED) is 0.668. The van der Waals surface area contributed by atoms with Gasteiger partial charge in [-0.2, -0.15) is 0 Å². The van der Waals surface area contributed by atoms with Gasteiger partial charge in [0.15, 0.2) is 0 Å². The predicted octanol–water partition coefficient (Wildman–Crippen LogP) is 5.24. The van der Waals surface area contributed by atoms with Crippen LogP contribution >= 0.6 is 0 Å². The molecule has 0 radical (unpaired) electrons. The Bertz CT molecular complexity index is 638. The molecule has 0 aliphatic carbocycles. The van der Waals surface area contributed by atoms with Crippen molar-refractivity contribution in [3.63, 3.8) is 0 Å². The molecule has 0 atom stereocenters. The molecule has 1 N–H and O–H groups in total. The summed E-state index contributed by atoms with van der Waals surface area (Å²) in [4.78, 5) is 10.1. The summed E-state index contributed by atoms with van der Waals surface area (Å²) in [5, 5.41) is 3.30. The van der Waals surface area contributed by atoms with E-state index >= 15 is 0 Å². The second-order valence-electron chi connectivity index (χ2n) is 4.89. The van der Waals surface area contributed by atoms with Gasteiger partial charge in [0.2, 0.25) is 0 Å². The fourth-order valence-corrected chi connectivity index (χ4v) is 1.85. The Hall–Kier alpha value is -2.87. The van der Waals surface area contributed by atoms with Crippen molar-refractivity contribution in [2.75, 3.05) is 5.32 Å². The van der Waals surface area contributed by atoms with Gasteiger partial charge in [0.25, 0.3) is 0 Å². The summed E-state index contributed by atoms with van der Waals surface area (Å²) in [7, 11) is 0. The van der Waals surface area contributed by atoms with E-state index < -0.39 is 0 Å². The molecule has 2 heteroatoms. The van der Waals surface area contributed by atoms with Gasteiger partial charge in [-0.3, -0.25) is 4.79 Å². The highest BCUT2D eigenvalue weighted by atomic mass is 16.1. The van der Waals surface area contributed by atoms with E-state index in [9.17, 15) is 4.79 Å². The van der Waals surface area contributed by atoms with Crippen LogP contribution in [0.2, 0.25) is 0 Å². The molecule has 3 aromatic rings. The van der Waals surface area contributed by atoms with Gasteiger partial charge >= 0.3 is 0 Å². The SMILES string of the molecule is Cc1ccc(C=O)cc1.c1ccc(Nc2ccccc2)cc1. The summed E-state index contributed by atoms with van der Waals surface area (Å²) in [5.74, 6) is 0. The summed E-state index contributed by atoms with van der Waals surface area (Å²) < 4.78 is 0. The second-order valence-corrected chi connectivity index (χ2v) is 4.89. The maximum atomic E-state index is 10.1. The minimum atomic E-state index is 0.737. The maximum absolute atomic E-state index is 10.1. The highest BCUT2D eigenvalue weighted by Crippen LogP contribution is 2.14. The van der Waals surface area contributed by atoms with E-state index in [4.69, 9.17) is 0 Å². The van der Waals surface area contributed by atoms with Gasteiger partial charge in [-0.05, 0) is 31.2 Å². The molecule has 0 aliphatic rings. The Morgan fingerprint density at radius 1 is 0.682 bits per heavy atom. The van der Waals surface area contributed by atoms with Crippen molar-refractivity contribution in [3.8, 4) is 0 Å². The minimum absolute atomic E-state index is 0.737. The first-order valence-corrected chi connectivity index (χ1v) is 7.17. The first-order chi connectivity index (χ1) is 10.8. The number of benzene rings is 3. The number of aldehydes is 1. The van der Waals surface area contributed by atoms with Crippen LogP contribution in [0.5, 0.6) is 0 Å². The van der Waals surface area contributed by atoms with Gasteiger partial charge in [0.05, 0.1) is 0 Å². The number of carbonyl (C=O) groups is 1. The molecular formula is C20H19NO. The van der Waals surface area contributed by atoms with Crippen molar-refractivity contribution in [3.05, 3.63) is 96.1 Å². The molecule has 0 unspecified atom stereocenters. The smallest absolute Gasteiger partial charge is 0.150 e. The highest BCUT2D eigenvalue weighted by molar-refractivity contribution is 5.74. The fourth-order valence-electron chi connectivity index (χ4n) is 1.85. The zero-order valence-corrected chi connectivity index (χ0v) is 12.6. The summed E-state index contributed by atoms with van der Waals surface area (Å²) in [6.07, 6.45) is 0.847. The molecule has 0 saturated heterocycles. The zero-order valence-electron chi connectivity index (χ0n) is 12.6. The van der Waals surface area contributed by atoms with Gasteiger partial charge < -0.3 is 5.32 Å². The van der Waals surface area contributed by atoms with Crippen molar-refractivity contribution in [1.82, 2.24) is 0 Å². The number of anilines is 2. The third kappa shape index (κ3) is 5.25. The van der Waals surface area contributed by atoms with Crippen LogP contribution in [-0.2, 0) is 0 Å². The Labute approximate surface area is 131 Å². The molecule has 110 valence electrons. The molecule has 0 aromatic heterocycles. The first-order valence-electron chi connectivity index (χ1n) is 7.17. The van der Waals surface area contributed by atoms with Crippen LogP contribution in [0, 0.1) is 6.92 Å². The van der Waals surface area contributed by atoms with Crippen molar-refractivity contribution in [2.24, 2.45) is 0 Å². The number of aryl methyl sites for hydroxylation is 1. The van der Waals surface area contributed by atoms with Crippen molar-refractivity contribution >= 4 is 17.7 Å². The van der Waals surface area contributed by atoms with Gasteiger partial charge in [-0.1, -0.05) is 66.2 Å². The standard InChI is InChI=1S/C12H11N.C8H8O/c1-3-7-11(8-4-1)13-12-9-5-2-6-10-12;1-7-2-4-8(6-9)5-3-7/h1-10,13H;2-6H,1H3. The van der Waals surface area contributed by atoms with Gasteiger partial charge in [0, 0.05) is 16.9 Å². The van der Waals surface area contributed by atoms with E-state index in [1.165, 1.54) is 5.56 Å². The zero-order chi connectivity index (χ0) is 15.6. The Morgan fingerprint density at radius 3 is 1.55 bits per heavy atom. The Kier molecular flexibility index (Phi) is 5.94. The third-order valence-corrected chi connectivity index (χ3v) is 3.05. The second kappa shape index (κ2) is 8.42. The molecule has 22 heavy (non-hydrogen) atoms. The lowest BCUT2D eigenvalue weighted by molar-refractivity contribution is 0.112. The molecule has 0 saturated carbocycles. The topological polar surface area (TPSA) is 29.1 Å². The average molecular weight is 289 g/mol. The largest absolute Gasteiger partial charge is 0.356 e. The molecule has 0 spiro atoms. The average Bonchev–Trinajstić information content (AvgIpc) is 2.58. The summed E-state index contributed by atoms with van der Waals surface area (Å²) >= 11 is 0.